The van der Waals surface area contributed by atoms with Gasteiger partial charge in [-0.3, -0.25) is 33.3 Å². The van der Waals surface area contributed by atoms with Gasteiger partial charge in [-0.1, -0.05) is 62.4 Å². The highest BCUT2D eigenvalue weighted by Gasteiger charge is 2.44. The normalized spacial score (nSPS) is 17.6. The minimum absolute atomic E-state index is 0.127. The molecule has 3 amide bonds. The van der Waals surface area contributed by atoms with Gasteiger partial charge in [-0.15, -0.1) is 11.8 Å². The molecule has 4 heterocycles. The molecule has 26 heteroatoms. The number of carboxylic acids is 2. The lowest BCUT2D eigenvalue weighted by atomic mass is 9.81. The van der Waals surface area contributed by atoms with Crippen LogP contribution >= 0.6 is 11.8 Å². The minimum atomic E-state index is -4.15. The molecule has 11 N–H and O–H groups in total. The lowest BCUT2D eigenvalue weighted by Gasteiger charge is -2.28. The number of fused-ring (bicyclic) bond motifs is 3. The Hall–Kier alpha value is -7.39. The molecular formula is C56H70N9O14S3+. The number of hydrogen-bond donors (Lipinski definition) is 10. The van der Waals surface area contributed by atoms with Crippen LogP contribution in [-0.4, -0.2) is 140 Å². The summed E-state index contributed by atoms with van der Waals surface area (Å²) in [4.78, 5) is 88.4. The summed E-state index contributed by atoms with van der Waals surface area (Å²) in [6, 6.07) is 14.3. The molecular weight excluding hydrogens is 1120 g/mol. The van der Waals surface area contributed by atoms with Gasteiger partial charge >= 0.3 is 11.9 Å². The Morgan fingerprint density at radius 3 is 2.17 bits per heavy atom. The molecule has 1 aliphatic carbocycles. The third-order valence-electron chi connectivity index (χ3n) is 14.7. The van der Waals surface area contributed by atoms with Crippen LogP contribution in [-0.2, 0) is 61.5 Å². The largest absolute Gasteiger partial charge is 0.480 e. The number of unbranched alkanes of at least 4 members (excludes halogenated alkanes) is 2. The number of nitrogens with one attached hydrogen (secondary N) is 5. The molecule has 0 spiro atoms. The molecule has 0 fully saturated rings. The van der Waals surface area contributed by atoms with Crippen LogP contribution in [0.15, 0.2) is 105 Å². The van der Waals surface area contributed by atoms with E-state index in [1.807, 2.05) is 60.7 Å². The summed E-state index contributed by atoms with van der Waals surface area (Å²) in [5, 5.41) is 27.8. The number of nitrogens with two attached hydrogens (primary N) is 1. The molecule has 2 aliphatic heterocycles. The molecule has 7 rings (SSSR count). The Labute approximate surface area is 479 Å². The Bertz CT molecular complexity index is 3600. The van der Waals surface area contributed by atoms with Gasteiger partial charge in [-0.25, -0.2) is 9.59 Å². The quantitative estimate of drug-likeness (QED) is 0.0209. The van der Waals surface area contributed by atoms with E-state index in [1.165, 1.54) is 17.8 Å². The van der Waals surface area contributed by atoms with Gasteiger partial charge in [-0.2, -0.15) is 26.4 Å². The molecule has 2 aromatic carbocycles. The smallest absolute Gasteiger partial charge is 0.327 e. The molecule has 0 bridgehead atoms. The van der Waals surface area contributed by atoms with Crippen LogP contribution < -0.4 is 32.1 Å². The standard InChI is InChI=1S/C56H69N9O14S3/c1-55(2)38-16-5-7-18-42(38)64(26-9-11-28-81(74,75)76)44(55)23-20-34-14-13-15-35(21-24-45-56(3,4)39-17-6-8-19-43(39)65(45)27-10-12-29-82(77,78)79)49(34)80-33-41(53(72)73)61-46(66)25-22-40(52(70)71)60-48(68)32-58-47(67)31-36-30-37-50(59-36)62-54(57)63-51(37)69/h5-8,16-21,23-24,30,40-41H,9-15,22,25-29,31-33H2,1-4H3,(H10-,57,58,59,60,61,62,63,66,67,68,69,70,71,72,73,74,75,76,77,78,79)/p+1/t40-,41+/m0/s1. The Morgan fingerprint density at radius 1 is 0.817 bits per heavy atom. The van der Waals surface area contributed by atoms with Crippen molar-refractivity contribution in [1.29, 1.82) is 0 Å². The van der Waals surface area contributed by atoms with Crippen molar-refractivity contribution in [2.45, 2.75) is 115 Å². The van der Waals surface area contributed by atoms with Crippen LogP contribution in [0.5, 0.6) is 0 Å². The van der Waals surface area contributed by atoms with Gasteiger partial charge in [0.05, 0.1) is 35.3 Å². The fourth-order valence-electron chi connectivity index (χ4n) is 10.6. The first-order valence-corrected chi connectivity index (χ1v) is 31.0. The first-order chi connectivity index (χ1) is 38.6. The van der Waals surface area contributed by atoms with Gasteiger partial charge in [0.15, 0.2) is 5.71 Å². The monoisotopic (exact) mass is 1190 g/mol. The predicted molar refractivity (Wildman–Crippen MR) is 312 cm³/mol. The molecule has 23 nitrogen and oxygen atoms in total. The Morgan fingerprint density at radius 2 is 1.48 bits per heavy atom. The average molecular weight is 1190 g/mol. The fourth-order valence-corrected chi connectivity index (χ4v) is 13.0. The number of rotatable bonds is 27. The maximum absolute atomic E-state index is 13.5. The number of para-hydroxylation sites is 2. The van der Waals surface area contributed by atoms with Crippen molar-refractivity contribution in [1.82, 2.24) is 30.9 Å². The molecule has 0 saturated carbocycles. The molecule has 82 heavy (non-hydrogen) atoms. The number of allylic oxidation sites excluding steroid dienone is 7. The number of carboxylic acid groups (broad SMARTS) is 2. The summed E-state index contributed by atoms with van der Waals surface area (Å²) < 4.78 is 67.4. The average Bonchev–Trinajstić information content (AvgIpc) is 4.23. The van der Waals surface area contributed by atoms with Gasteiger partial charge in [0.25, 0.3) is 25.8 Å². The van der Waals surface area contributed by atoms with Gasteiger partial charge in [0, 0.05) is 70.2 Å². The molecule has 2 atom stereocenters. The van der Waals surface area contributed by atoms with E-state index in [-0.39, 0.29) is 53.5 Å². The number of nitrogens with zero attached hydrogens (tertiary/aromatic N) is 3. The van der Waals surface area contributed by atoms with E-state index in [0.29, 0.717) is 44.5 Å². The van der Waals surface area contributed by atoms with E-state index in [0.717, 1.165) is 56.4 Å². The molecule has 0 saturated heterocycles. The van der Waals surface area contributed by atoms with Gasteiger partial charge in [0.1, 0.15) is 24.3 Å². The van der Waals surface area contributed by atoms with Crippen molar-refractivity contribution < 1.29 is 64.7 Å². The number of carbonyl (C=O) groups is 5. The second-order valence-corrected chi connectivity index (χ2v) is 25.6. The van der Waals surface area contributed by atoms with E-state index >= 15 is 0 Å². The zero-order chi connectivity index (χ0) is 59.7. The second-order valence-electron chi connectivity index (χ2n) is 21.5. The van der Waals surface area contributed by atoms with Crippen molar-refractivity contribution in [3.8, 4) is 0 Å². The van der Waals surface area contributed by atoms with Crippen LogP contribution in [0.2, 0.25) is 0 Å². The summed E-state index contributed by atoms with van der Waals surface area (Å²) in [7, 11) is -8.31. The fraction of sp³-hybridized carbons (Fsp3) is 0.429. The van der Waals surface area contributed by atoms with E-state index in [4.69, 9.17) is 5.73 Å². The Kier molecular flexibility index (Phi) is 19.9. The number of carbonyl (C=O) groups excluding carboxylic acids is 3. The summed E-state index contributed by atoms with van der Waals surface area (Å²) in [6.45, 7) is 8.72. The molecule has 3 aliphatic rings. The van der Waals surface area contributed by atoms with Crippen LogP contribution in [0.25, 0.3) is 11.0 Å². The van der Waals surface area contributed by atoms with Crippen LogP contribution in [0, 0.1) is 0 Å². The number of amides is 3. The van der Waals surface area contributed by atoms with Crippen molar-refractivity contribution in [2.75, 3.05) is 47.5 Å². The minimum Gasteiger partial charge on any atom is -0.480 e. The van der Waals surface area contributed by atoms with Crippen molar-refractivity contribution >= 4 is 95.7 Å². The van der Waals surface area contributed by atoms with Crippen LogP contribution in [0.4, 0.5) is 17.3 Å². The molecule has 0 unspecified atom stereocenters. The number of nitrogen functional groups attached to an aromatic ring is 1. The summed E-state index contributed by atoms with van der Waals surface area (Å²) in [5.74, 6) is -6.14. The Balaban J connectivity index is 1.11. The summed E-state index contributed by atoms with van der Waals surface area (Å²) in [6.07, 6.45) is 10.3. The molecule has 0 radical (unpaired) electrons. The highest BCUT2D eigenvalue weighted by atomic mass is 32.2. The predicted octanol–water partition coefficient (Wildman–Crippen LogP) is 5.16. The number of thioether (sulfide) groups is 1. The van der Waals surface area contributed by atoms with E-state index in [1.54, 1.807) is 0 Å². The summed E-state index contributed by atoms with van der Waals surface area (Å²) >= 11 is 1.25. The van der Waals surface area contributed by atoms with Crippen molar-refractivity contribution in [2.24, 2.45) is 0 Å². The van der Waals surface area contributed by atoms with Crippen LogP contribution in [0.3, 0.4) is 0 Å². The number of aromatic nitrogens is 3. The van der Waals surface area contributed by atoms with Gasteiger partial charge < -0.3 is 41.8 Å². The number of benzene rings is 2. The topological polar surface area (TPSA) is 364 Å². The maximum Gasteiger partial charge on any atom is 0.327 e. The van der Waals surface area contributed by atoms with Crippen molar-refractivity contribution in [3.63, 3.8) is 0 Å². The summed E-state index contributed by atoms with van der Waals surface area (Å²) in [5.41, 5.74) is 12.3. The van der Waals surface area contributed by atoms with Crippen molar-refractivity contribution in [3.05, 3.63) is 128 Å². The first-order valence-electron chi connectivity index (χ1n) is 26.8. The third-order valence-corrected chi connectivity index (χ3v) is 17.6. The number of hydrogen-bond acceptors (Lipinski definition) is 14. The highest BCUT2D eigenvalue weighted by Crippen LogP contribution is 2.48. The van der Waals surface area contributed by atoms with E-state index in [9.17, 15) is 64.9 Å². The number of aliphatic carboxylic acids is 2. The second kappa shape index (κ2) is 26.2. The number of H-pyrrole nitrogens is 2. The van der Waals surface area contributed by atoms with Gasteiger partial charge in [0.2, 0.25) is 29.4 Å². The van der Waals surface area contributed by atoms with Crippen LogP contribution in [0.1, 0.15) is 102 Å². The van der Waals surface area contributed by atoms with Gasteiger partial charge in [-0.05, 0) is 93.7 Å². The number of aromatic amines is 2. The number of anilines is 2. The molecule has 4 aromatic rings. The maximum atomic E-state index is 13.5. The molecule has 2 aromatic heterocycles. The zero-order valence-electron chi connectivity index (χ0n) is 46.0. The molecule has 440 valence electrons. The zero-order valence-corrected chi connectivity index (χ0v) is 48.4. The SMILES string of the molecule is CC1(C)C(/C=C/C2=C(SC[C@@H](NC(=O)CC[C@H](NC(=O)CNC(=O)Cc3cc4c(=O)[nH]c(N)nc4[nH]3)C(=O)O)C(=O)O)C(=C/C=C3/N(CCCCS(=O)(=O)O)c4ccccc4C3(C)C)/CCC2)=[N+](CCCCS(=O)(=O)O)c2ccccc21. The lowest BCUT2D eigenvalue weighted by Crippen LogP contribution is -2.47. The van der Waals surface area contributed by atoms with E-state index in [2.05, 4.69) is 80.2 Å². The van der Waals surface area contributed by atoms with E-state index < -0.39 is 97.8 Å². The lowest BCUT2D eigenvalue weighted by molar-refractivity contribution is -0.438. The first kappa shape index (κ1) is 62.2. The third kappa shape index (κ3) is 15.8. The highest BCUT2D eigenvalue weighted by molar-refractivity contribution is 8.03.